The summed E-state index contributed by atoms with van der Waals surface area (Å²) >= 11 is 3.25. The third kappa shape index (κ3) is 2.28. The lowest BCUT2D eigenvalue weighted by molar-refractivity contribution is 0.0984. The number of hydrogen-bond acceptors (Lipinski definition) is 3. The summed E-state index contributed by atoms with van der Waals surface area (Å²) in [4.78, 5) is 15.4. The molecule has 0 amide bonds. The monoisotopic (exact) mass is 243 g/mol. The first-order valence-electron chi connectivity index (χ1n) is 3.91. The molecule has 0 unspecified atom stereocenters. The second-order valence-corrected chi connectivity index (χ2v) is 3.40. The van der Waals surface area contributed by atoms with E-state index in [9.17, 15) is 4.79 Å². The van der Waals surface area contributed by atoms with E-state index in [1.54, 1.807) is 12.3 Å². The Morgan fingerprint density at radius 2 is 2.38 bits per heavy atom. The van der Waals surface area contributed by atoms with Crippen LogP contribution in [0.5, 0.6) is 5.88 Å². The Morgan fingerprint density at radius 1 is 1.69 bits per heavy atom. The van der Waals surface area contributed by atoms with Gasteiger partial charge in [-0.05, 0) is 22.0 Å². The smallest absolute Gasteiger partial charge is 0.224 e. The summed E-state index contributed by atoms with van der Waals surface area (Å²) in [6.45, 7) is 1.81. The Morgan fingerprint density at radius 3 is 2.92 bits per heavy atom. The van der Waals surface area contributed by atoms with E-state index < -0.39 is 0 Å². The number of aromatic nitrogens is 1. The highest BCUT2D eigenvalue weighted by molar-refractivity contribution is 9.10. The maximum absolute atomic E-state index is 11.4. The van der Waals surface area contributed by atoms with Gasteiger partial charge < -0.3 is 4.74 Å². The van der Waals surface area contributed by atoms with Crippen LogP contribution in [-0.2, 0) is 0 Å². The second kappa shape index (κ2) is 4.37. The number of Topliss-reactive ketones (excluding diaryl/α,β-unsaturated/α-hetero) is 1. The van der Waals surface area contributed by atoms with Crippen molar-refractivity contribution in [2.75, 3.05) is 7.11 Å². The Bertz CT molecular complexity index is 325. The third-order valence-corrected chi connectivity index (χ3v) is 2.07. The molecule has 13 heavy (non-hydrogen) atoms. The van der Waals surface area contributed by atoms with Gasteiger partial charge in [0.25, 0.3) is 0 Å². The summed E-state index contributed by atoms with van der Waals surface area (Å²) in [6, 6.07) is 1.72. The molecule has 0 saturated carbocycles. The van der Waals surface area contributed by atoms with Gasteiger partial charge in [0.05, 0.1) is 12.7 Å². The van der Waals surface area contributed by atoms with Crippen molar-refractivity contribution in [3.8, 4) is 5.88 Å². The number of pyridine rings is 1. The van der Waals surface area contributed by atoms with Gasteiger partial charge in [-0.3, -0.25) is 4.79 Å². The molecular weight excluding hydrogens is 234 g/mol. The summed E-state index contributed by atoms with van der Waals surface area (Å²) < 4.78 is 5.75. The zero-order valence-electron chi connectivity index (χ0n) is 7.50. The predicted molar refractivity (Wildman–Crippen MR) is 53.1 cm³/mol. The molecule has 0 aliphatic heterocycles. The first-order valence-corrected chi connectivity index (χ1v) is 4.71. The van der Waals surface area contributed by atoms with Crippen LogP contribution in [0.25, 0.3) is 0 Å². The van der Waals surface area contributed by atoms with Crippen LogP contribution in [0.2, 0.25) is 0 Å². The molecule has 0 aliphatic rings. The maximum atomic E-state index is 11.4. The van der Waals surface area contributed by atoms with Crippen molar-refractivity contribution >= 4 is 21.7 Å². The molecule has 0 atom stereocenters. The van der Waals surface area contributed by atoms with Crippen LogP contribution >= 0.6 is 15.9 Å². The van der Waals surface area contributed by atoms with Crippen molar-refractivity contribution in [2.24, 2.45) is 0 Å². The number of carbonyl (C=O) groups is 1. The van der Waals surface area contributed by atoms with Gasteiger partial charge in [-0.25, -0.2) is 4.98 Å². The fraction of sp³-hybridized carbons (Fsp3) is 0.333. The van der Waals surface area contributed by atoms with Gasteiger partial charge in [-0.15, -0.1) is 0 Å². The lowest BCUT2D eigenvalue weighted by Crippen LogP contribution is -2.02. The van der Waals surface area contributed by atoms with Crippen molar-refractivity contribution in [3.63, 3.8) is 0 Å². The second-order valence-electron chi connectivity index (χ2n) is 2.49. The lowest BCUT2D eigenvalue weighted by atomic mass is 10.1. The van der Waals surface area contributed by atoms with Gasteiger partial charge in [-0.1, -0.05) is 6.92 Å². The molecule has 1 aromatic rings. The number of hydrogen-bond donors (Lipinski definition) is 0. The van der Waals surface area contributed by atoms with E-state index in [0.717, 1.165) is 4.47 Å². The fourth-order valence-corrected chi connectivity index (χ4v) is 1.31. The van der Waals surface area contributed by atoms with Gasteiger partial charge in [0.15, 0.2) is 5.78 Å². The van der Waals surface area contributed by atoms with Crippen LogP contribution < -0.4 is 4.74 Å². The normalized spacial score (nSPS) is 9.77. The molecule has 3 nitrogen and oxygen atoms in total. The largest absolute Gasteiger partial charge is 0.480 e. The Hall–Kier alpha value is -0.900. The van der Waals surface area contributed by atoms with Crippen molar-refractivity contribution in [1.82, 2.24) is 4.98 Å². The fourth-order valence-electron chi connectivity index (χ4n) is 0.980. The summed E-state index contributed by atoms with van der Waals surface area (Å²) in [5.41, 5.74) is 0.527. The van der Waals surface area contributed by atoms with Gasteiger partial charge in [0, 0.05) is 17.1 Å². The molecule has 1 rings (SSSR count). The van der Waals surface area contributed by atoms with E-state index in [1.807, 2.05) is 6.92 Å². The van der Waals surface area contributed by atoms with Gasteiger partial charge in [-0.2, -0.15) is 0 Å². The van der Waals surface area contributed by atoms with Crippen molar-refractivity contribution in [2.45, 2.75) is 13.3 Å². The zero-order valence-corrected chi connectivity index (χ0v) is 9.09. The average molecular weight is 244 g/mol. The molecule has 0 bridgehead atoms. The van der Waals surface area contributed by atoms with E-state index in [2.05, 4.69) is 20.9 Å². The lowest BCUT2D eigenvalue weighted by Gasteiger charge is -2.04. The molecular formula is C9H10BrNO2. The van der Waals surface area contributed by atoms with E-state index in [0.29, 0.717) is 17.9 Å². The number of ketones is 1. The molecule has 1 heterocycles. The molecule has 4 heteroatoms. The first-order chi connectivity index (χ1) is 6.19. The van der Waals surface area contributed by atoms with Crippen LogP contribution in [0.3, 0.4) is 0 Å². The van der Waals surface area contributed by atoms with Crippen molar-refractivity contribution < 1.29 is 9.53 Å². The molecule has 70 valence electrons. The SMILES string of the molecule is CCC(=O)c1cc(Br)cnc1OC. The number of methoxy groups -OCH3 is 1. The van der Waals surface area contributed by atoms with Gasteiger partial charge >= 0.3 is 0 Å². The summed E-state index contributed by atoms with van der Waals surface area (Å²) in [5.74, 6) is 0.417. The molecule has 0 aliphatic carbocycles. The minimum Gasteiger partial charge on any atom is -0.480 e. The summed E-state index contributed by atoms with van der Waals surface area (Å²) in [6.07, 6.45) is 2.06. The predicted octanol–water partition coefficient (Wildman–Crippen LogP) is 2.45. The zero-order chi connectivity index (χ0) is 9.84. The standard InChI is InChI=1S/C9H10BrNO2/c1-3-8(12)7-4-6(10)5-11-9(7)13-2/h4-5H,3H2,1-2H3. The topological polar surface area (TPSA) is 39.2 Å². The summed E-state index contributed by atoms with van der Waals surface area (Å²) in [7, 11) is 1.50. The van der Waals surface area contributed by atoms with E-state index in [-0.39, 0.29) is 5.78 Å². The quantitative estimate of drug-likeness (QED) is 0.766. The van der Waals surface area contributed by atoms with E-state index in [4.69, 9.17) is 4.74 Å². The number of rotatable bonds is 3. The average Bonchev–Trinajstić information content (AvgIpc) is 2.16. The number of carbonyl (C=O) groups excluding carboxylic acids is 1. The van der Waals surface area contributed by atoms with Crippen molar-refractivity contribution in [1.29, 1.82) is 0 Å². The Labute approximate surface area is 85.3 Å². The molecule has 1 aromatic heterocycles. The first kappa shape index (κ1) is 10.2. The van der Waals surface area contributed by atoms with Crippen LogP contribution in [0, 0.1) is 0 Å². The molecule has 0 saturated heterocycles. The Kier molecular flexibility index (Phi) is 3.42. The maximum Gasteiger partial charge on any atom is 0.224 e. The minimum atomic E-state index is 0.0330. The van der Waals surface area contributed by atoms with Crippen LogP contribution in [0.4, 0.5) is 0 Å². The third-order valence-electron chi connectivity index (χ3n) is 1.63. The van der Waals surface area contributed by atoms with Gasteiger partial charge in [0.1, 0.15) is 0 Å². The molecule has 0 aromatic carbocycles. The minimum absolute atomic E-state index is 0.0330. The molecule has 0 spiro atoms. The van der Waals surface area contributed by atoms with Crippen LogP contribution in [0.15, 0.2) is 16.7 Å². The van der Waals surface area contributed by atoms with E-state index in [1.165, 1.54) is 7.11 Å². The van der Waals surface area contributed by atoms with Crippen LogP contribution in [-0.4, -0.2) is 17.9 Å². The molecule has 0 fully saturated rings. The number of halogens is 1. The van der Waals surface area contributed by atoms with E-state index >= 15 is 0 Å². The number of nitrogens with zero attached hydrogens (tertiary/aromatic N) is 1. The Balaban J connectivity index is 3.15. The summed E-state index contributed by atoms with van der Waals surface area (Å²) in [5, 5.41) is 0. The van der Waals surface area contributed by atoms with Crippen LogP contribution in [0.1, 0.15) is 23.7 Å². The highest BCUT2D eigenvalue weighted by atomic mass is 79.9. The van der Waals surface area contributed by atoms with Gasteiger partial charge in [0.2, 0.25) is 5.88 Å². The molecule has 0 N–H and O–H groups in total. The van der Waals surface area contributed by atoms with Crippen molar-refractivity contribution in [3.05, 3.63) is 22.3 Å². The number of ether oxygens (including phenoxy) is 1. The highest BCUT2D eigenvalue weighted by Gasteiger charge is 2.11. The highest BCUT2D eigenvalue weighted by Crippen LogP contribution is 2.20. The molecule has 0 radical (unpaired) electrons.